The standard InChI is InChI=1S/C17H18ClNO/c1-13-6-8-14(9-7-13)12-19-17(20)11-10-15-4-2-3-5-16(15)18/h2-9H,10-12H2,1H3,(H,19,20). The molecule has 0 unspecified atom stereocenters. The van der Waals surface area contributed by atoms with E-state index in [1.165, 1.54) is 5.56 Å². The summed E-state index contributed by atoms with van der Waals surface area (Å²) >= 11 is 6.06. The Morgan fingerprint density at radius 2 is 1.80 bits per heavy atom. The van der Waals surface area contributed by atoms with Crippen LogP contribution in [0.25, 0.3) is 0 Å². The van der Waals surface area contributed by atoms with Gasteiger partial charge in [0.1, 0.15) is 0 Å². The summed E-state index contributed by atoms with van der Waals surface area (Å²) in [6.45, 7) is 2.62. The zero-order valence-electron chi connectivity index (χ0n) is 11.5. The Kier molecular flexibility index (Phi) is 5.19. The first-order valence-electron chi connectivity index (χ1n) is 6.71. The van der Waals surface area contributed by atoms with Crippen LogP contribution in [0.2, 0.25) is 5.02 Å². The third kappa shape index (κ3) is 4.39. The van der Waals surface area contributed by atoms with Crippen molar-refractivity contribution in [1.82, 2.24) is 5.32 Å². The highest BCUT2D eigenvalue weighted by Crippen LogP contribution is 2.16. The largest absolute Gasteiger partial charge is 0.352 e. The smallest absolute Gasteiger partial charge is 0.220 e. The van der Waals surface area contributed by atoms with Gasteiger partial charge in [-0.2, -0.15) is 0 Å². The lowest BCUT2D eigenvalue weighted by atomic mass is 10.1. The number of rotatable bonds is 5. The second kappa shape index (κ2) is 7.11. The molecule has 2 aromatic carbocycles. The van der Waals surface area contributed by atoms with Crippen LogP contribution < -0.4 is 5.32 Å². The van der Waals surface area contributed by atoms with Crippen LogP contribution in [0.4, 0.5) is 0 Å². The van der Waals surface area contributed by atoms with Crippen LogP contribution in [0.1, 0.15) is 23.1 Å². The maximum atomic E-state index is 11.8. The Morgan fingerprint density at radius 1 is 1.10 bits per heavy atom. The van der Waals surface area contributed by atoms with Crippen molar-refractivity contribution in [3.63, 3.8) is 0 Å². The number of nitrogens with one attached hydrogen (secondary N) is 1. The fourth-order valence-electron chi connectivity index (χ4n) is 1.94. The molecule has 0 aromatic heterocycles. The number of amides is 1. The molecule has 0 heterocycles. The number of hydrogen-bond acceptors (Lipinski definition) is 1. The Balaban J connectivity index is 1.78. The summed E-state index contributed by atoms with van der Waals surface area (Å²) in [4.78, 5) is 11.8. The van der Waals surface area contributed by atoms with Gasteiger partial charge in [-0.3, -0.25) is 4.79 Å². The number of hydrogen-bond donors (Lipinski definition) is 1. The second-order valence-corrected chi connectivity index (χ2v) is 5.26. The van der Waals surface area contributed by atoms with Crippen LogP contribution in [-0.4, -0.2) is 5.91 Å². The molecule has 0 bridgehead atoms. The van der Waals surface area contributed by atoms with Crippen LogP contribution in [0.5, 0.6) is 0 Å². The number of carbonyl (C=O) groups is 1. The Hall–Kier alpha value is -1.80. The van der Waals surface area contributed by atoms with Gasteiger partial charge in [0.25, 0.3) is 0 Å². The molecule has 0 atom stereocenters. The van der Waals surface area contributed by atoms with Crippen molar-refractivity contribution in [2.24, 2.45) is 0 Å². The van der Waals surface area contributed by atoms with Crippen LogP contribution in [0.3, 0.4) is 0 Å². The zero-order chi connectivity index (χ0) is 14.4. The van der Waals surface area contributed by atoms with E-state index >= 15 is 0 Å². The van der Waals surface area contributed by atoms with E-state index in [0.717, 1.165) is 16.1 Å². The van der Waals surface area contributed by atoms with E-state index in [2.05, 4.69) is 5.32 Å². The van der Waals surface area contributed by atoms with Gasteiger partial charge < -0.3 is 5.32 Å². The topological polar surface area (TPSA) is 29.1 Å². The number of benzene rings is 2. The van der Waals surface area contributed by atoms with E-state index in [9.17, 15) is 4.79 Å². The summed E-state index contributed by atoms with van der Waals surface area (Å²) < 4.78 is 0. The lowest BCUT2D eigenvalue weighted by Gasteiger charge is -2.07. The van der Waals surface area contributed by atoms with Crippen LogP contribution in [0.15, 0.2) is 48.5 Å². The summed E-state index contributed by atoms with van der Waals surface area (Å²) in [5.74, 6) is 0.0468. The molecule has 0 saturated heterocycles. The highest BCUT2D eigenvalue weighted by Gasteiger charge is 2.04. The number of halogens is 1. The van der Waals surface area contributed by atoms with E-state index in [1.807, 2.05) is 55.5 Å². The molecule has 0 aliphatic heterocycles. The highest BCUT2D eigenvalue weighted by molar-refractivity contribution is 6.31. The van der Waals surface area contributed by atoms with Crippen LogP contribution in [0, 0.1) is 6.92 Å². The minimum Gasteiger partial charge on any atom is -0.352 e. The average Bonchev–Trinajstić information content (AvgIpc) is 2.46. The third-order valence-electron chi connectivity index (χ3n) is 3.19. The van der Waals surface area contributed by atoms with Crippen molar-refractivity contribution in [3.8, 4) is 0 Å². The molecule has 1 amide bonds. The highest BCUT2D eigenvalue weighted by atomic mass is 35.5. The SMILES string of the molecule is Cc1ccc(CNC(=O)CCc2ccccc2Cl)cc1. The molecular weight excluding hydrogens is 270 g/mol. The van der Waals surface area contributed by atoms with Gasteiger partial charge in [0.2, 0.25) is 5.91 Å². The average molecular weight is 288 g/mol. The van der Waals surface area contributed by atoms with Crippen molar-refractivity contribution in [2.45, 2.75) is 26.3 Å². The first-order chi connectivity index (χ1) is 9.65. The molecule has 0 spiro atoms. The summed E-state index contributed by atoms with van der Waals surface area (Å²) in [6.07, 6.45) is 1.12. The first-order valence-corrected chi connectivity index (χ1v) is 7.08. The van der Waals surface area contributed by atoms with Gasteiger partial charge in [-0.15, -0.1) is 0 Å². The molecule has 2 nitrogen and oxygen atoms in total. The summed E-state index contributed by atoms with van der Waals surface area (Å²) in [7, 11) is 0. The molecular formula is C17H18ClNO. The molecule has 0 aliphatic rings. The van der Waals surface area contributed by atoms with Crippen molar-refractivity contribution in [2.75, 3.05) is 0 Å². The number of carbonyl (C=O) groups excluding carboxylic acids is 1. The third-order valence-corrected chi connectivity index (χ3v) is 3.56. The van der Waals surface area contributed by atoms with E-state index < -0.39 is 0 Å². The number of aryl methyl sites for hydroxylation is 2. The first kappa shape index (κ1) is 14.6. The van der Waals surface area contributed by atoms with Gasteiger partial charge in [-0.05, 0) is 30.5 Å². The van der Waals surface area contributed by atoms with E-state index in [1.54, 1.807) is 0 Å². The predicted octanol–water partition coefficient (Wildman–Crippen LogP) is 3.90. The van der Waals surface area contributed by atoms with Crippen LogP contribution >= 0.6 is 11.6 Å². The van der Waals surface area contributed by atoms with Crippen molar-refractivity contribution in [3.05, 3.63) is 70.2 Å². The molecule has 2 aromatic rings. The molecule has 0 saturated carbocycles. The maximum absolute atomic E-state index is 11.8. The fraction of sp³-hybridized carbons (Fsp3) is 0.235. The minimum atomic E-state index is 0.0468. The molecule has 0 radical (unpaired) electrons. The zero-order valence-corrected chi connectivity index (χ0v) is 12.3. The maximum Gasteiger partial charge on any atom is 0.220 e. The van der Waals surface area contributed by atoms with E-state index in [-0.39, 0.29) is 5.91 Å². The molecule has 2 rings (SSSR count). The van der Waals surface area contributed by atoms with Crippen molar-refractivity contribution < 1.29 is 4.79 Å². The Morgan fingerprint density at radius 3 is 2.50 bits per heavy atom. The Labute approximate surface area is 124 Å². The molecule has 0 aliphatic carbocycles. The Bertz CT molecular complexity index is 578. The minimum absolute atomic E-state index is 0.0468. The lowest BCUT2D eigenvalue weighted by molar-refractivity contribution is -0.121. The quantitative estimate of drug-likeness (QED) is 0.888. The summed E-state index contributed by atoms with van der Waals surface area (Å²) in [6, 6.07) is 15.8. The molecule has 0 fully saturated rings. The lowest BCUT2D eigenvalue weighted by Crippen LogP contribution is -2.23. The van der Waals surface area contributed by atoms with Crippen molar-refractivity contribution >= 4 is 17.5 Å². The van der Waals surface area contributed by atoms with Crippen LogP contribution in [-0.2, 0) is 17.8 Å². The van der Waals surface area contributed by atoms with Gasteiger partial charge in [-0.1, -0.05) is 59.6 Å². The van der Waals surface area contributed by atoms with Crippen molar-refractivity contribution in [1.29, 1.82) is 0 Å². The molecule has 3 heteroatoms. The van der Waals surface area contributed by atoms with Gasteiger partial charge >= 0.3 is 0 Å². The van der Waals surface area contributed by atoms with Gasteiger partial charge in [0, 0.05) is 18.0 Å². The molecule has 20 heavy (non-hydrogen) atoms. The van der Waals surface area contributed by atoms with Gasteiger partial charge in [0.15, 0.2) is 0 Å². The van der Waals surface area contributed by atoms with Gasteiger partial charge in [0.05, 0.1) is 0 Å². The fourth-order valence-corrected chi connectivity index (χ4v) is 2.17. The second-order valence-electron chi connectivity index (χ2n) is 4.85. The van der Waals surface area contributed by atoms with E-state index in [0.29, 0.717) is 19.4 Å². The van der Waals surface area contributed by atoms with E-state index in [4.69, 9.17) is 11.6 Å². The summed E-state index contributed by atoms with van der Waals surface area (Å²) in [5, 5.41) is 3.65. The predicted molar refractivity (Wildman–Crippen MR) is 82.8 cm³/mol. The van der Waals surface area contributed by atoms with Gasteiger partial charge in [-0.25, -0.2) is 0 Å². The normalized spacial score (nSPS) is 10.3. The monoisotopic (exact) mass is 287 g/mol. The summed E-state index contributed by atoms with van der Waals surface area (Å²) in [5.41, 5.74) is 3.35. The molecule has 104 valence electrons. The molecule has 1 N–H and O–H groups in total.